The number of nitrogens with one attached hydrogen (secondary N) is 1. The first kappa shape index (κ1) is 15.2. The van der Waals surface area contributed by atoms with E-state index in [-0.39, 0.29) is 43.1 Å². The summed E-state index contributed by atoms with van der Waals surface area (Å²) in [7, 11) is 0. The molecule has 0 aromatic heterocycles. The van der Waals surface area contributed by atoms with Crippen LogP contribution in [0.15, 0.2) is 24.3 Å². The van der Waals surface area contributed by atoms with E-state index in [0.29, 0.717) is 0 Å². The van der Waals surface area contributed by atoms with Crippen LogP contribution < -0.4 is 5.32 Å². The summed E-state index contributed by atoms with van der Waals surface area (Å²) in [5.74, 6) is -0.914. The number of likely N-dealkylation sites (tertiary alicyclic amines) is 1. The van der Waals surface area contributed by atoms with Crippen LogP contribution in [0.2, 0.25) is 0 Å². The number of carbonyl (C=O) groups is 3. The standard InChI is InChI=1S/C16H20N2O3/c1-3-12-4-6-13(7-5-12)9-14(19)17-10-18-15(20)8-11(2)16(18)21/h4-7,11H,3,8-10H2,1-2H3,(H,17,19). The average molecular weight is 288 g/mol. The van der Waals surface area contributed by atoms with Gasteiger partial charge in [0.2, 0.25) is 17.7 Å². The van der Waals surface area contributed by atoms with Gasteiger partial charge in [0.05, 0.1) is 6.42 Å². The van der Waals surface area contributed by atoms with Crippen molar-refractivity contribution in [2.45, 2.75) is 33.1 Å². The largest absolute Gasteiger partial charge is 0.338 e. The summed E-state index contributed by atoms with van der Waals surface area (Å²) in [5, 5.41) is 2.63. The summed E-state index contributed by atoms with van der Waals surface area (Å²) in [4.78, 5) is 36.3. The van der Waals surface area contributed by atoms with Gasteiger partial charge in [-0.2, -0.15) is 0 Å². The van der Waals surface area contributed by atoms with Crippen molar-refractivity contribution in [3.8, 4) is 0 Å². The Bertz CT molecular complexity index is 551. The summed E-state index contributed by atoms with van der Waals surface area (Å²) in [6.07, 6.45) is 1.44. The zero-order valence-corrected chi connectivity index (χ0v) is 12.4. The highest BCUT2D eigenvalue weighted by atomic mass is 16.2. The number of carbonyl (C=O) groups excluding carboxylic acids is 3. The molecule has 0 radical (unpaired) electrons. The summed E-state index contributed by atoms with van der Waals surface area (Å²) < 4.78 is 0. The second-order valence-electron chi connectivity index (χ2n) is 5.37. The highest BCUT2D eigenvalue weighted by Crippen LogP contribution is 2.17. The minimum atomic E-state index is -0.281. The number of rotatable bonds is 5. The van der Waals surface area contributed by atoms with Crippen LogP contribution in [-0.2, 0) is 27.2 Å². The first-order chi connectivity index (χ1) is 10.0. The van der Waals surface area contributed by atoms with E-state index in [9.17, 15) is 14.4 Å². The maximum atomic E-state index is 11.9. The molecule has 0 bridgehead atoms. The van der Waals surface area contributed by atoms with E-state index in [1.165, 1.54) is 5.56 Å². The van der Waals surface area contributed by atoms with E-state index < -0.39 is 0 Å². The Morgan fingerprint density at radius 1 is 1.24 bits per heavy atom. The first-order valence-electron chi connectivity index (χ1n) is 7.20. The highest BCUT2D eigenvalue weighted by Gasteiger charge is 2.35. The predicted octanol–water partition coefficient (Wildman–Crippen LogP) is 1.26. The maximum absolute atomic E-state index is 11.9. The Balaban J connectivity index is 1.84. The van der Waals surface area contributed by atoms with Crippen LogP contribution in [0.1, 0.15) is 31.4 Å². The third-order valence-electron chi connectivity index (χ3n) is 3.70. The van der Waals surface area contributed by atoms with Crippen LogP contribution in [0.4, 0.5) is 0 Å². The Morgan fingerprint density at radius 2 is 1.86 bits per heavy atom. The molecule has 5 nitrogen and oxygen atoms in total. The quantitative estimate of drug-likeness (QED) is 0.830. The van der Waals surface area contributed by atoms with Crippen molar-refractivity contribution < 1.29 is 14.4 Å². The van der Waals surface area contributed by atoms with Crippen molar-refractivity contribution in [2.75, 3.05) is 6.67 Å². The Hall–Kier alpha value is -2.17. The molecule has 1 N–H and O–H groups in total. The molecular formula is C16H20N2O3. The molecule has 1 saturated heterocycles. The number of hydrogen-bond acceptors (Lipinski definition) is 3. The van der Waals surface area contributed by atoms with Gasteiger partial charge in [-0.3, -0.25) is 19.3 Å². The van der Waals surface area contributed by atoms with E-state index in [2.05, 4.69) is 12.2 Å². The molecule has 0 saturated carbocycles. The van der Waals surface area contributed by atoms with Gasteiger partial charge in [-0.1, -0.05) is 38.1 Å². The van der Waals surface area contributed by atoms with Crippen molar-refractivity contribution in [1.29, 1.82) is 0 Å². The maximum Gasteiger partial charge on any atom is 0.234 e. The predicted molar refractivity (Wildman–Crippen MR) is 78.2 cm³/mol. The molecule has 1 aromatic rings. The lowest BCUT2D eigenvalue weighted by Crippen LogP contribution is -2.41. The molecule has 21 heavy (non-hydrogen) atoms. The molecule has 0 aliphatic carbocycles. The SMILES string of the molecule is CCc1ccc(CC(=O)NCN2C(=O)CC(C)C2=O)cc1. The number of benzene rings is 1. The lowest BCUT2D eigenvalue weighted by atomic mass is 10.1. The fourth-order valence-corrected chi connectivity index (χ4v) is 2.32. The summed E-state index contributed by atoms with van der Waals surface area (Å²) in [5.41, 5.74) is 2.14. The van der Waals surface area contributed by atoms with Gasteiger partial charge in [0.25, 0.3) is 0 Å². The number of imide groups is 1. The van der Waals surface area contributed by atoms with E-state index >= 15 is 0 Å². The molecule has 1 aliphatic rings. The third-order valence-corrected chi connectivity index (χ3v) is 3.70. The van der Waals surface area contributed by atoms with Crippen LogP contribution >= 0.6 is 0 Å². The molecule has 1 unspecified atom stereocenters. The molecule has 112 valence electrons. The Morgan fingerprint density at radius 3 is 2.38 bits per heavy atom. The summed E-state index contributed by atoms with van der Waals surface area (Å²) >= 11 is 0. The zero-order valence-electron chi connectivity index (χ0n) is 12.4. The fourth-order valence-electron chi connectivity index (χ4n) is 2.32. The first-order valence-corrected chi connectivity index (χ1v) is 7.20. The molecule has 1 aromatic carbocycles. The van der Waals surface area contributed by atoms with Gasteiger partial charge in [0.1, 0.15) is 6.67 Å². The molecule has 0 spiro atoms. The molecule has 2 rings (SSSR count). The number of nitrogens with zero attached hydrogens (tertiary/aromatic N) is 1. The van der Waals surface area contributed by atoms with Crippen molar-refractivity contribution in [2.24, 2.45) is 5.92 Å². The van der Waals surface area contributed by atoms with Crippen LogP contribution in [0.3, 0.4) is 0 Å². The van der Waals surface area contributed by atoms with Crippen molar-refractivity contribution in [3.63, 3.8) is 0 Å². The van der Waals surface area contributed by atoms with Gasteiger partial charge in [0.15, 0.2) is 0 Å². The minimum Gasteiger partial charge on any atom is -0.338 e. The van der Waals surface area contributed by atoms with Gasteiger partial charge in [-0.05, 0) is 17.5 Å². The van der Waals surface area contributed by atoms with Crippen molar-refractivity contribution >= 4 is 17.7 Å². The smallest absolute Gasteiger partial charge is 0.234 e. The second kappa shape index (κ2) is 6.52. The molecule has 1 atom stereocenters. The molecular weight excluding hydrogens is 268 g/mol. The van der Waals surface area contributed by atoms with Crippen LogP contribution in [-0.4, -0.2) is 29.3 Å². The number of amides is 3. The Labute approximate surface area is 124 Å². The highest BCUT2D eigenvalue weighted by molar-refractivity contribution is 6.03. The Kier molecular flexibility index (Phi) is 4.73. The lowest BCUT2D eigenvalue weighted by molar-refractivity contribution is -0.140. The van der Waals surface area contributed by atoms with E-state index in [1.54, 1.807) is 6.92 Å². The van der Waals surface area contributed by atoms with Gasteiger partial charge in [-0.25, -0.2) is 0 Å². The molecule has 3 amide bonds. The summed E-state index contributed by atoms with van der Waals surface area (Å²) in [6.45, 7) is 3.76. The average Bonchev–Trinajstić information content (AvgIpc) is 2.71. The van der Waals surface area contributed by atoms with Crippen LogP contribution in [0.5, 0.6) is 0 Å². The second-order valence-corrected chi connectivity index (χ2v) is 5.37. The fraction of sp³-hybridized carbons (Fsp3) is 0.438. The van der Waals surface area contributed by atoms with Crippen LogP contribution in [0.25, 0.3) is 0 Å². The van der Waals surface area contributed by atoms with Crippen molar-refractivity contribution in [1.82, 2.24) is 10.2 Å². The lowest BCUT2D eigenvalue weighted by Gasteiger charge is -2.15. The monoisotopic (exact) mass is 288 g/mol. The number of hydrogen-bond donors (Lipinski definition) is 1. The van der Waals surface area contributed by atoms with Crippen LogP contribution in [0, 0.1) is 5.92 Å². The van der Waals surface area contributed by atoms with Gasteiger partial charge >= 0.3 is 0 Å². The molecule has 1 heterocycles. The molecule has 1 fully saturated rings. The van der Waals surface area contributed by atoms with Gasteiger partial charge in [-0.15, -0.1) is 0 Å². The molecule has 5 heteroatoms. The zero-order chi connectivity index (χ0) is 15.4. The molecule has 1 aliphatic heterocycles. The van der Waals surface area contributed by atoms with Gasteiger partial charge < -0.3 is 5.32 Å². The van der Waals surface area contributed by atoms with Crippen molar-refractivity contribution in [3.05, 3.63) is 35.4 Å². The topological polar surface area (TPSA) is 66.5 Å². The van der Waals surface area contributed by atoms with E-state index in [4.69, 9.17) is 0 Å². The van der Waals surface area contributed by atoms with Gasteiger partial charge in [0, 0.05) is 12.3 Å². The normalized spacial score (nSPS) is 18.2. The number of aryl methyl sites for hydroxylation is 1. The van der Waals surface area contributed by atoms with E-state index in [0.717, 1.165) is 16.9 Å². The summed E-state index contributed by atoms with van der Waals surface area (Å²) in [6, 6.07) is 7.84. The third kappa shape index (κ3) is 3.68. The van der Waals surface area contributed by atoms with E-state index in [1.807, 2.05) is 24.3 Å². The minimum absolute atomic E-state index is 0.0338.